The number of hydrogen-bond donors (Lipinski definition) is 0. The first kappa shape index (κ1) is 16.5. The predicted molar refractivity (Wildman–Crippen MR) is 92.0 cm³/mol. The molecule has 0 saturated heterocycles. The van der Waals surface area contributed by atoms with Crippen LogP contribution in [0, 0.1) is 0 Å². The Bertz CT molecular complexity index is 1110. The fourth-order valence-electron chi connectivity index (χ4n) is 3.39. The summed E-state index contributed by atoms with van der Waals surface area (Å²) in [7, 11) is 0. The van der Waals surface area contributed by atoms with Crippen molar-refractivity contribution in [3.05, 3.63) is 71.3 Å². The lowest BCUT2D eigenvalue weighted by atomic mass is 9.91. The molecule has 0 aliphatic rings. The Kier molecular flexibility index (Phi) is 3.56. The number of rotatable bonds is 3. The van der Waals surface area contributed by atoms with Crippen molar-refractivity contribution in [1.82, 2.24) is 0 Å². The van der Waals surface area contributed by atoms with Gasteiger partial charge in [-0.25, -0.2) is 0 Å². The molecule has 0 saturated carbocycles. The number of aromatic carboxylic acids is 3. The van der Waals surface area contributed by atoms with Crippen molar-refractivity contribution in [2.45, 2.75) is 0 Å². The smallest absolute Gasteiger partial charge is 0.0715 e. The van der Waals surface area contributed by atoms with Crippen LogP contribution in [0.2, 0.25) is 0 Å². The molecule has 4 aromatic carbocycles. The third kappa shape index (κ3) is 2.55. The zero-order valence-corrected chi connectivity index (χ0v) is 13.6. The quantitative estimate of drug-likeness (QED) is 0.484. The Morgan fingerprint density at radius 1 is 0.444 bits per heavy atom. The highest BCUT2D eigenvalue weighted by Crippen LogP contribution is 2.36. The van der Waals surface area contributed by atoms with Gasteiger partial charge in [0, 0.05) is 0 Å². The molecule has 0 atom stereocenters. The van der Waals surface area contributed by atoms with Gasteiger partial charge in [0.2, 0.25) is 0 Å². The van der Waals surface area contributed by atoms with Crippen LogP contribution in [0.3, 0.4) is 0 Å². The maximum absolute atomic E-state index is 11.2. The van der Waals surface area contributed by atoms with Gasteiger partial charge >= 0.3 is 0 Å². The van der Waals surface area contributed by atoms with Crippen molar-refractivity contribution in [2.75, 3.05) is 0 Å². The van der Waals surface area contributed by atoms with Crippen molar-refractivity contribution in [1.29, 1.82) is 0 Å². The summed E-state index contributed by atoms with van der Waals surface area (Å²) < 4.78 is 0. The van der Waals surface area contributed by atoms with Crippen LogP contribution >= 0.6 is 0 Å². The fraction of sp³-hybridized carbons (Fsp3) is 0. The zero-order valence-electron chi connectivity index (χ0n) is 13.6. The highest BCUT2D eigenvalue weighted by molar-refractivity contribution is 6.26. The number of hydrogen-bond acceptors (Lipinski definition) is 6. The van der Waals surface area contributed by atoms with Crippen molar-refractivity contribution in [3.8, 4) is 0 Å². The van der Waals surface area contributed by atoms with Gasteiger partial charge in [-0.15, -0.1) is 0 Å². The van der Waals surface area contributed by atoms with Gasteiger partial charge in [0.1, 0.15) is 0 Å². The molecule has 27 heavy (non-hydrogen) atoms. The van der Waals surface area contributed by atoms with E-state index in [1.165, 1.54) is 36.4 Å². The largest absolute Gasteiger partial charge is 0.545 e. The molecular weight excluding hydrogens is 348 g/mol. The van der Waals surface area contributed by atoms with E-state index >= 15 is 0 Å². The van der Waals surface area contributed by atoms with E-state index in [4.69, 9.17) is 0 Å². The maximum Gasteiger partial charge on any atom is 0.0715 e. The van der Waals surface area contributed by atoms with E-state index in [0.717, 1.165) is 0 Å². The number of carboxylic acids is 3. The summed E-state index contributed by atoms with van der Waals surface area (Å²) in [5.41, 5.74) is -0.116. The van der Waals surface area contributed by atoms with Crippen LogP contribution in [0.25, 0.3) is 32.3 Å². The van der Waals surface area contributed by atoms with Crippen LogP contribution in [0.1, 0.15) is 31.1 Å². The first-order valence-electron chi connectivity index (χ1n) is 7.94. The average molecular weight is 357 g/mol. The summed E-state index contributed by atoms with van der Waals surface area (Å²) in [5, 5.41) is 37.3. The van der Waals surface area contributed by atoms with E-state index < -0.39 is 17.9 Å². The lowest BCUT2D eigenvalue weighted by Gasteiger charge is -2.15. The molecule has 4 aromatic rings. The van der Waals surface area contributed by atoms with Gasteiger partial charge < -0.3 is 29.7 Å². The number of carbonyl (C=O) groups is 3. The standard InChI is InChI=1S/C21H12O6/c22-19(23)10-1-4-13-16(7-10)14-5-2-12(21(26)27)9-18(14)15-6-3-11(20(24)25)8-17(13)15/h1-9H,(H,22,23)(H,24,25)(H,26,27)/p-3. The molecule has 6 nitrogen and oxygen atoms in total. The maximum atomic E-state index is 11.2. The molecule has 0 N–H and O–H groups in total. The molecule has 4 rings (SSSR count). The van der Waals surface area contributed by atoms with Crippen LogP contribution in [0.4, 0.5) is 0 Å². The van der Waals surface area contributed by atoms with Crippen molar-refractivity contribution in [2.24, 2.45) is 0 Å². The molecule has 0 radical (unpaired) electrons. The molecule has 0 spiro atoms. The minimum Gasteiger partial charge on any atom is -0.545 e. The summed E-state index contributed by atoms with van der Waals surface area (Å²) >= 11 is 0. The molecule has 6 heteroatoms. The van der Waals surface area contributed by atoms with Crippen LogP contribution in [0.5, 0.6) is 0 Å². The number of carbonyl (C=O) groups excluding carboxylic acids is 3. The monoisotopic (exact) mass is 357 g/mol. The molecule has 0 unspecified atom stereocenters. The van der Waals surface area contributed by atoms with Crippen molar-refractivity contribution < 1.29 is 29.7 Å². The predicted octanol–water partition coefficient (Wildman–Crippen LogP) is 0.237. The molecule has 0 amide bonds. The number of fused-ring (bicyclic) bond motifs is 6. The molecule has 0 aliphatic heterocycles. The van der Waals surface area contributed by atoms with Gasteiger partial charge in [-0.05, 0) is 67.2 Å². The van der Waals surface area contributed by atoms with Gasteiger partial charge in [0.05, 0.1) is 17.9 Å². The summed E-state index contributed by atoms with van der Waals surface area (Å²) in [4.78, 5) is 33.7. The second kappa shape index (κ2) is 5.81. The summed E-state index contributed by atoms with van der Waals surface area (Å²) in [5.74, 6) is -4.04. The molecule has 0 fully saturated rings. The summed E-state index contributed by atoms with van der Waals surface area (Å²) in [6.45, 7) is 0. The Balaban J connectivity index is 2.25. The van der Waals surface area contributed by atoms with Gasteiger partial charge in [0.15, 0.2) is 0 Å². The Hall–Kier alpha value is -3.93. The highest BCUT2D eigenvalue weighted by atomic mass is 16.4. The first-order chi connectivity index (χ1) is 12.9. The second-order valence-corrected chi connectivity index (χ2v) is 6.14. The van der Waals surface area contributed by atoms with Gasteiger partial charge in [-0.2, -0.15) is 0 Å². The van der Waals surface area contributed by atoms with Crippen molar-refractivity contribution >= 4 is 50.2 Å². The lowest BCUT2D eigenvalue weighted by Crippen LogP contribution is -2.22. The van der Waals surface area contributed by atoms with E-state index in [2.05, 4.69) is 0 Å². The summed E-state index contributed by atoms with van der Waals surface area (Å²) in [6.07, 6.45) is 0. The van der Waals surface area contributed by atoms with Crippen LogP contribution < -0.4 is 15.3 Å². The van der Waals surface area contributed by atoms with E-state index in [1.807, 2.05) is 0 Å². The molecule has 0 aromatic heterocycles. The molecule has 0 bridgehead atoms. The first-order valence-corrected chi connectivity index (χ1v) is 7.94. The molecule has 0 heterocycles. The van der Waals surface area contributed by atoms with Gasteiger partial charge in [-0.3, -0.25) is 0 Å². The van der Waals surface area contributed by atoms with Crippen LogP contribution in [-0.2, 0) is 0 Å². The van der Waals surface area contributed by atoms with Gasteiger partial charge in [-0.1, -0.05) is 36.4 Å². The normalized spacial score (nSPS) is 11.1. The Morgan fingerprint density at radius 3 is 0.926 bits per heavy atom. The van der Waals surface area contributed by atoms with E-state index in [1.54, 1.807) is 18.2 Å². The van der Waals surface area contributed by atoms with Crippen LogP contribution in [0.15, 0.2) is 54.6 Å². The Labute approximate surface area is 151 Å². The minimum absolute atomic E-state index is 0.0387. The molecule has 0 aliphatic carbocycles. The van der Waals surface area contributed by atoms with Crippen LogP contribution in [-0.4, -0.2) is 17.9 Å². The topological polar surface area (TPSA) is 120 Å². The zero-order chi connectivity index (χ0) is 19.3. The Morgan fingerprint density at radius 2 is 0.704 bits per heavy atom. The van der Waals surface area contributed by atoms with E-state index in [0.29, 0.717) is 32.3 Å². The molecule has 132 valence electrons. The SMILES string of the molecule is O=C([O-])c1ccc2c(c1)c1ccc(C(=O)[O-])cc1c1ccc(C(=O)[O-])cc21. The third-order valence-electron chi connectivity index (χ3n) is 4.64. The summed E-state index contributed by atoms with van der Waals surface area (Å²) in [6, 6.07) is 13.2. The number of benzene rings is 4. The average Bonchev–Trinajstić information content (AvgIpc) is 2.66. The number of carboxylic acid groups (broad SMARTS) is 3. The lowest BCUT2D eigenvalue weighted by molar-refractivity contribution is -0.256. The van der Waals surface area contributed by atoms with E-state index in [-0.39, 0.29) is 16.7 Å². The van der Waals surface area contributed by atoms with E-state index in [9.17, 15) is 29.7 Å². The fourth-order valence-corrected chi connectivity index (χ4v) is 3.39. The second-order valence-electron chi connectivity index (χ2n) is 6.14. The highest BCUT2D eigenvalue weighted by Gasteiger charge is 2.11. The minimum atomic E-state index is -1.35. The van der Waals surface area contributed by atoms with Gasteiger partial charge in [0.25, 0.3) is 0 Å². The molecular formula is C21H9O6-3. The van der Waals surface area contributed by atoms with Crippen molar-refractivity contribution in [3.63, 3.8) is 0 Å². The third-order valence-corrected chi connectivity index (χ3v) is 4.64.